The van der Waals surface area contributed by atoms with Gasteiger partial charge in [0, 0.05) is 20.7 Å². The molecule has 0 unspecified atom stereocenters. The number of hydrogen-bond acceptors (Lipinski definition) is 4. The lowest BCUT2D eigenvalue weighted by molar-refractivity contribution is -0.112. The number of carbonyl (C=O) groups excluding carboxylic acids is 1. The summed E-state index contributed by atoms with van der Waals surface area (Å²) in [7, 11) is 0. The molecule has 0 spiro atoms. The Morgan fingerprint density at radius 3 is 2.56 bits per heavy atom. The lowest BCUT2D eigenvalue weighted by Gasteiger charge is -2.15. The fourth-order valence-electron chi connectivity index (χ4n) is 3.02. The van der Waals surface area contributed by atoms with Crippen molar-refractivity contribution in [2.24, 2.45) is 0 Å². The average molecular weight is 560 g/mol. The third kappa shape index (κ3) is 6.54. The second-order valence-electron chi connectivity index (χ2n) is 7.23. The van der Waals surface area contributed by atoms with Gasteiger partial charge in [-0.05, 0) is 61.4 Å². The minimum absolute atomic E-state index is 0.0999. The Hall–Kier alpha value is -2.98. The van der Waals surface area contributed by atoms with Crippen LogP contribution in [0.4, 0.5) is 5.69 Å². The van der Waals surface area contributed by atoms with Gasteiger partial charge in [-0.1, -0.05) is 63.4 Å². The summed E-state index contributed by atoms with van der Waals surface area (Å²) >= 11 is 16.1. The number of rotatable bonds is 8. The quantitative estimate of drug-likeness (QED) is 0.228. The van der Waals surface area contributed by atoms with Gasteiger partial charge in [-0.25, -0.2) is 0 Å². The van der Waals surface area contributed by atoms with E-state index in [1.54, 1.807) is 30.3 Å². The van der Waals surface area contributed by atoms with Crippen molar-refractivity contribution in [1.82, 2.24) is 0 Å². The Kier molecular flexibility index (Phi) is 9.00. The van der Waals surface area contributed by atoms with E-state index in [0.717, 1.165) is 15.6 Å². The zero-order valence-electron chi connectivity index (χ0n) is 18.5. The van der Waals surface area contributed by atoms with Crippen molar-refractivity contribution in [3.63, 3.8) is 0 Å². The summed E-state index contributed by atoms with van der Waals surface area (Å²) in [6.07, 6.45) is 1.44. The predicted molar refractivity (Wildman–Crippen MR) is 140 cm³/mol. The number of nitriles is 1. The molecule has 8 heteroatoms. The van der Waals surface area contributed by atoms with E-state index in [1.807, 2.05) is 44.2 Å². The number of carbonyl (C=O) groups is 1. The van der Waals surface area contributed by atoms with Crippen LogP contribution in [0.1, 0.15) is 23.6 Å². The molecule has 0 aliphatic rings. The van der Waals surface area contributed by atoms with Gasteiger partial charge >= 0.3 is 0 Å². The fraction of sp³-hybridized carbons (Fsp3) is 0.154. The van der Waals surface area contributed by atoms with Gasteiger partial charge in [0.1, 0.15) is 18.2 Å². The van der Waals surface area contributed by atoms with E-state index in [1.165, 1.54) is 6.08 Å². The summed E-state index contributed by atoms with van der Waals surface area (Å²) in [4.78, 5) is 12.7. The smallest absolute Gasteiger partial charge is 0.266 e. The van der Waals surface area contributed by atoms with E-state index in [0.29, 0.717) is 39.4 Å². The average Bonchev–Trinajstić information content (AvgIpc) is 2.80. The number of ether oxygens (including phenoxy) is 2. The van der Waals surface area contributed by atoms with Gasteiger partial charge in [0.05, 0.1) is 11.6 Å². The third-order valence-electron chi connectivity index (χ3n) is 4.77. The van der Waals surface area contributed by atoms with Crippen LogP contribution in [-0.2, 0) is 11.4 Å². The number of aryl methyl sites for hydroxylation is 1. The van der Waals surface area contributed by atoms with Gasteiger partial charge < -0.3 is 14.8 Å². The molecule has 1 amide bonds. The Morgan fingerprint density at radius 1 is 1.12 bits per heavy atom. The van der Waals surface area contributed by atoms with Crippen molar-refractivity contribution in [3.05, 3.63) is 91.4 Å². The molecule has 0 fully saturated rings. The molecular formula is C26H21BrCl2N2O3. The highest BCUT2D eigenvalue weighted by Gasteiger charge is 2.15. The molecule has 5 nitrogen and oxygen atoms in total. The molecule has 3 rings (SSSR count). The zero-order valence-corrected chi connectivity index (χ0v) is 21.6. The standard InChI is InChI=1S/C26H21BrCl2N2O3/c1-3-33-24-12-17(11-23(29)25(24)34-15-18-6-4-5-7-21(18)27)10-19(14-30)26(32)31-20-9-8-16(2)22(28)13-20/h4-13H,3,15H2,1-2H3,(H,31,32)/b19-10+. The van der Waals surface area contributed by atoms with E-state index in [2.05, 4.69) is 21.2 Å². The monoisotopic (exact) mass is 558 g/mol. The van der Waals surface area contributed by atoms with E-state index < -0.39 is 5.91 Å². The molecule has 0 bridgehead atoms. The van der Waals surface area contributed by atoms with Crippen LogP contribution in [0.25, 0.3) is 6.08 Å². The normalized spacial score (nSPS) is 11.0. The second kappa shape index (κ2) is 11.9. The van der Waals surface area contributed by atoms with Crippen molar-refractivity contribution in [2.75, 3.05) is 11.9 Å². The number of anilines is 1. The molecule has 0 heterocycles. The van der Waals surface area contributed by atoms with Crippen molar-refractivity contribution < 1.29 is 14.3 Å². The first-order valence-corrected chi connectivity index (χ1v) is 11.9. The molecule has 0 aromatic heterocycles. The van der Waals surface area contributed by atoms with Crippen molar-refractivity contribution in [3.8, 4) is 17.6 Å². The number of halogens is 3. The first-order valence-electron chi connectivity index (χ1n) is 10.3. The van der Waals surface area contributed by atoms with Crippen LogP contribution in [0.3, 0.4) is 0 Å². The van der Waals surface area contributed by atoms with E-state index in [9.17, 15) is 10.1 Å². The van der Waals surface area contributed by atoms with Gasteiger partial charge in [0.25, 0.3) is 5.91 Å². The molecular weight excluding hydrogens is 539 g/mol. The topological polar surface area (TPSA) is 71.3 Å². The maximum absolute atomic E-state index is 12.7. The van der Waals surface area contributed by atoms with Crippen LogP contribution in [0, 0.1) is 18.3 Å². The van der Waals surface area contributed by atoms with Crippen LogP contribution in [-0.4, -0.2) is 12.5 Å². The molecule has 0 saturated heterocycles. The first kappa shape index (κ1) is 25.6. The summed E-state index contributed by atoms with van der Waals surface area (Å²) < 4.78 is 12.6. The molecule has 0 atom stereocenters. The summed E-state index contributed by atoms with van der Waals surface area (Å²) in [5, 5.41) is 13.1. The molecule has 3 aromatic carbocycles. The molecule has 1 N–H and O–H groups in total. The predicted octanol–water partition coefficient (Wildman–Crippen LogP) is 7.59. The van der Waals surface area contributed by atoms with Crippen LogP contribution in [0.2, 0.25) is 10.0 Å². The number of hydrogen-bond donors (Lipinski definition) is 1. The SMILES string of the molecule is CCOc1cc(/C=C(\C#N)C(=O)Nc2ccc(C)c(Cl)c2)cc(Cl)c1OCc1ccccc1Br. The summed E-state index contributed by atoms with van der Waals surface area (Å²) in [6.45, 7) is 4.37. The van der Waals surface area contributed by atoms with E-state index in [-0.39, 0.29) is 12.2 Å². The van der Waals surface area contributed by atoms with Gasteiger partial charge in [-0.15, -0.1) is 0 Å². The number of nitrogens with zero attached hydrogens (tertiary/aromatic N) is 1. The lowest BCUT2D eigenvalue weighted by atomic mass is 10.1. The molecule has 0 saturated carbocycles. The maximum atomic E-state index is 12.7. The van der Waals surface area contributed by atoms with Crippen LogP contribution >= 0.6 is 39.1 Å². The number of nitrogens with one attached hydrogen (secondary N) is 1. The van der Waals surface area contributed by atoms with Crippen LogP contribution < -0.4 is 14.8 Å². The molecule has 0 aliphatic heterocycles. The molecule has 34 heavy (non-hydrogen) atoms. The highest BCUT2D eigenvalue weighted by Crippen LogP contribution is 2.38. The highest BCUT2D eigenvalue weighted by atomic mass is 79.9. The van der Waals surface area contributed by atoms with E-state index in [4.69, 9.17) is 32.7 Å². The second-order valence-corrected chi connectivity index (χ2v) is 8.90. The van der Waals surface area contributed by atoms with Crippen LogP contribution in [0.5, 0.6) is 11.5 Å². The fourth-order valence-corrected chi connectivity index (χ4v) is 3.88. The zero-order chi connectivity index (χ0) is 24.7. The Bertz CT molecular complexity index is 1290. The van der Waals surface area contributed by atoms with Gasteiger partial charge in [-0.2, -0.15) is 5.26 Å². The Balaban J connectivity index is 1.86. The first-order chi connectivity index (χ1) is 16.3. The molecule has 3 aromatic rings. The third-order valence-corrected chi connectivity index (χ3v) is 6.23. The van der Waals surface area contributed by atoms with Crippen molar-refractivity contribution >= 4 is 56.8 Å². The van der Waals surface area contributed by atoms with Gasteiger partial charge in [-0.3, -0.25) is 4.79 Å². The Labute approximate surface area is 217 Å². The van der Waals surface area contributed by atoms with Crippen molar-refractivity contribution in [1.29, 1.82) is 5.26 Å². The Morgan fingerprint density at radius 2 is 1.88 bits per heavy atom. The summed E-state index contributed by atoms with van der Waals surface area (Å²) in [5.74, 6) is 0.232. The van der Waals surface area contributed by atoms with Gasteiger partial charge in [0.2, 0.25) is 0 Å². The largest absolute Gasteiger partial charge is 0.490 e. The molecule has 0 aliphatic carbocycles. The van der Waals surface area contributed by atoms with Crippen LogP contribution in [0.15, 0.2) is 64.6 Å². The van der Waals surface area contributed by atoms with Crippen molar-refractivity contribution in [2.45, 2.75) is 20.5 Å². The number of amides is 1. The van der Waals surface area contributed by atoms with E-state index >= 15 is 0 Å². The van der Waals surface area contributed by atoms with Gasteiger partial charge in [0.15, 0.2) is 11.5 Å². The molecule has 174 valence electrons. The lowest BCUT2D eigenvalue weighted by Crippen LogP contribution is -2.13. The summed E-state index contributed by atoms with van der Waals surface area (Å²) in [6, 6.07) is 18.1. The highest BCUT2D eigenvalue weighted by molar-refractivity contribution is 9.10. The molecule has 0 radical (unpaired) electrons. The maximum Gasteiger partial charge on any atom is 0.266 e. The minimum Gasteiger partial charge on any atom is -0.490 e. The minimum atomic E-state index is -0.564. The number of benzene rings is 3. The summed E-state index contributed by atoms with van der Waals surface area (Å²) in [5.41, 5.74) is 2.75.